The Morgan fingerprint density at radius 1 is 1.25 bits per heavy atom. The fourth-order valence-corrected chi connectivity index (χ4v) is 6.99. The van der Waals surface area contributed by atoms with Gasteiger partial charge in [-0.3, -0.25) is 4.79 Å². The van der Waals surface area contributed by atoms with E-state index in [4.69, 9.17) is 0 Å². The van der Waals surface area contributed by atoms with Crippen molar-refractivity contribution in [1.29, 1.82) is 5.26 Å². The Morgan fingerprint density at radius 2 is 2.03 bits per heavy atom. The molecule has 0 saturated carbocycles. The van der Waals surface area contributed by atoms with Crippen molar-refractivity contribution < 1.29 is 4.79 Å². The average Bonchev–Trinajstić information content (AvgIpc) is 3.45. The van der Waals surface area contributed by atoms with Gasteiger partial charge in [0.2, 0.25) is 5.91 Å². The molecule has 0 spiro atoms. The Kier molecular flexibility index (Phi) is 8.53. The van der Waals surface area contributed by atoms with E-state index in [1.807, 2.05) is 18.2 Å². The molecule has 0 saturated heterocycles. The Bertz CT molecular complexity index is 1240. The van der Waals surface area contributed by atoms with Crippen LogP contribution in [0.1, 0.15) is 67.9 Å². The molecule has 190 valence electrons. The standard InChI is InChI=1S/C28H35N5OS2/c1-5-28(3,4)20-13-14-21-22(17-29)26(36-23(21)16-20)30-25(34)18-35-27-32-31-24(33(27)6-2)15-12-19-10-8-7-9-11-19/h7-11,20H,5-6,12-16,18H2,1-4H3,(H,30,34). The number of rotatable bonds is 10. The minimum atomic E-state index is -0.114. The SMILES string of the molecule is CCn1c(CCc2ccccc2)nnc1SCC(=O)Nc1sc2c(c1C#N)CCC(C(C)(C)CC)C2. The third kappa shape index (κ3) is 5.84. The van der Waals surface area contributed by atoms with Crippen LogP contribution in [0.5, 0.6) is 0 Å². The lowest BCUT2D eigenvalue weighted by Gasteiger charge is -2.36. The lowest BCUT2D eigenvalue weighted by Crippen LogP contribution is -2.28. The number of aromatic nitrogens is 3. The number of aryl methyl sites for hydroxylation is 2. The molecule has 6 nitrogen and oxygen atoms in total. The summed E-state index contributed by atoms with van der Waals surface area (Å²) in [6.07, 6.45) is 5.85. The van der Waals surface area contributed by atoms with Crippen molar-refractivity contribution in [2.45, 2.75) is 77.9 Å². The number of nitrogens with one attached hydrogen (secondary N) is 1. The Labute approximate surface area is 222 Å². The summed E-state index contributed by atoms with van der Waals surface area (Å²) in [5, 5.41) is 23.1. The van der Waals surface area contributed by atoms with Gasteiger partial charge in [-0.15, -0.1) is 21.5 Å². The highest BCUT2D eigenvalue weighted by molar-refractivity contribution is 7.99. The molecule has 8 heteroatoms. The molecule has 3 aromatic rings. The first-order valence-corrected chi connectivity index (χ1v) is 14.6. The molecule has 1 aliphatic carbocycles. The summed E-state index contributed by atoms with van der Waals surface area (Å²) in [7, 11) is 0. The second-order valence-electron chi connectivity index (χ2n) is 10.1. The van der Waals surface area contributed by atoms with Gasteiger partial charge >= 0.3 is 0 Å². The van der Waals surface area contributed by atoms with Crippen molar-refractivity contribution in [3.05, 3.63) is 57.7 Å². The smallest absolute Gasteiger partial charge is 0.235 e. The van der Waals surface area contributed by atoms with Crippen LogP contribution in [0.3, 0.4) is 0 Å². The van der Waals surface area contributed by atoms with Crippen LogP contribution in [-0.4, -0.2) is 26.4 Å². The van der Waals surface area contributed by atoms with Gasteiger partial charge < -0.3 is 9.88 Å². The molecule has 4 rings (SSSR count). The van der Waals surface area contributed by atoms with E-state index in [-0.39, 0.29) is 17.1 Å². The molecule has 1 atom stereocenters. The Morgan fingerprint density at radius 3 is 2.72 bits per heavy atom. The van der Waals surface area contributed by atoms with Gasteiger partial charge in [0, 0.05) is 17.8 Å². The normalized spacial score (nSPS) is 15.4. The van der Waals surface area contributed by atoms with E-state index in [1.165, 1.54) is 22.2 Å². The maximum atomic E-state index is 12.9. The molecule has 1 aromatic carbocycles. The number of fused-ring (bicyclic) bond motifs is 1. The van der Waals surface area contributed by atoms with Crippen LogP contribution in [0.15, 0.2) is 35.5 Å². The molecular formula is C28H35N5OS2. The molecule has 0 radical (unpaired) electrons. The highest BCUT2D eigenvalue weighted by atomic mass is 32.2. The zero-order chi connectivity index (χ0) is 25.7. The maximum absolute atomic E-state index is 12.9. The van der Waals surface area contributed by atoms with E-state index in [0.717, 1.165) is 61.6 Å². The van der Waals surface area contributed by atoms with Gasteiger partial charge in [0.15, 0.2) is 5.16 Å². The number of amides is 1. The molecule has 1 aliphatic rings. The van der Waals surface area contributed by atoms with Crippen LogP contribution >= 0.6 is 23.1 Å². The average molecular weight is 522 g/mol. The molecule has 1 N–H and O–H groups in total. The maximum Gasteiger partial charge on any atom is 0.235 e. The van der Waals surface area contributed by atoms with Gasteiger partial charge in [0.1, 0.15) is 16.9 Å². The van der Waals surface area contributed by atoms with Crippen molar-refractivity contribution in [1.82, 2.24) is 14.8 Å². The minimum Gasteiger partial charge on any atom is -0.316 e. The first kappa shape index (κ1) is 26.4. The number of thioether (sulfide) groups is 1. The highest BCUT2D eigenvalue weighted by Gasteiger charge is 2.34. The van der Waals surface area contributed by atoms with Gasteiger partial charge in [-0.1, -0.05) is 69.3 Å². The lowest BCUT2D eigenvalue weighted by atomic mass is 9.69. The number of hydrogen-bond donors (Lipinski definition) is 1. The van der Waals surface area contributed by atoms with E-state index < -0.39 is 0 Å². The summed E-state index contributed by atoms with van der Waals surface area (Å²) in [4.78, 5) is 14.1. The van der Waals surface area contributed by atoms with Crippen molar-refractivity contribution in [3.8, 4) is 6.07 Å². The predicted molar refractivity (Wildman–Crippen MR) is 148 cm³/mol. The summed E-state index contributed by atoms with van der Waals surface area (Å²) in [6.45, 7) is 9.75. The summed E-state index contributed by atoms with van der Waals surface area (Å²) in [6, 6.07) is 12.7. The number of carbonyl (C=O) groups excluding carboxylic acids is 1. The number of benzene rings is 1. The molecular weight excluding hydrogens is 486 g/mol. The summed E-state index contributed by atoms with van der Waals surface area (Å²) in [5.74, 6) is 1.66. The van der Waals surface area contributed by atoms with Crippen molar-refractivity contribution in [2.24, 2.45) is 11.3 Å². The number of thiophene rings is 1. The molecule has 0 fully saturated rings. The van der Waals surface area contributed by atoms with E-state index in [9.17, 15) is 10.1 Å². The first-order valence-electron chi connectivity index (χ1n) is 12.8. The van der Waals surface area contributed by atoms with Crippen LogP contribution in [0, 0.1) is 22.7 Å². The van der Waals surface area contributed by atoms with Crippen LogP contribution < -0.4 is 5.32 Å². The van der Waals surface area contributed by atoms with E-state index >= 15 is 0 Å². The number of nitriles is 1. The third-order valence-electron chi connectivity index (χ3n) is 7.57. The number of hydrogen-bond acceptors (Lipinski definition) is 6. The van der Waals surface area contributed by atoms with Crippen molar-refractivity contribution in [2.75, 3.05) is 11.1 Å². The Balaban J connectivity index is 1.38. The van der Waals surface area contributed by atoms with Crippen molar-refractivity contribution in [3.63, 3.8) is 0 Å². The van der Waals surface area contributed by atoms with E-state index in [2.05, 4.69) is 66.0 Å². The monoisotopic (exact) mass is 521 g/mol. The number of nitrogens with zero attached hydrogens (tertiary/aromatic N) is 4. The molecule has 2 heterocycles. The second-order valence-corrected chi connectivity index (χ2v) is 12.1. The number of carbonyl (C=O) groups is 1. The van der Waals surface area contributed by atoms with Gasteiger partial charge in [-0.2, -0.15) is 5.26 Å². The highest BCUT2D eigenvalue weighted by Crippen LogP contribution is 2.45. The fraction of sp³-hybridized carbons (Fsp3) is 0.500. The molecule has 2 aromatic heterocycles. The van der Waals surface area contributed by atoms with E-state index in [0.29, 0.717) is 16.5 Å². The van der Waals surface area contributed by atoms with Crippen molar-refractivity contribution >= 4 is 34.0 Å². The summed E-state index contributed by atoms with van der Waals surface area (Å²) >= 11 is 2.98. The van der Waals surface area contributed by atoms with Crippen LogP contribution in [-0.2, 0) is 37.0 Å². The molecule has 0 aliphatic heterocycles. The van der Waals surface area contributed by atoms with Crippen LogP contribution in [0.2, 0.25) is 0 Å². The zero-order valence-corrected chi connectivity index (χ0v) is 23.3. The zero-order valence-electron chi connectivity index (χ0n) is 21.6. The fourth-order valence-electron chi connectivity index (χ4n) is 4.87. The van der Waals surface area contributed by atoms with Crippen LogP contribution in [0.25, 0.3) is 0 Å². The molecule has 36 heavy (non-hydrogen) atoms. The summed E-state index contributed by atoms with van der Waals surface area (Å²) in [5.41, 5.74) is 3.35. The van der Waals surface area contributed by atoms with Gasteiger partial charge in [-0.25, -0.2) is 0 Å². The quantitative estimate of drug-likeness (QED) is 0.317. The van der Waals surface area contributed by atoms with Crippen LogP contribution in [0.4, 0.5) is 5.00 Å². The first-order chi connectivity index (χ1) is 17.4. The second kappa shape index (κ2) is 11.6. The number of anilines is 1. The van der Waals surface area contributed by atoms with Gasteiger partial charge in [0.05, 0.1) is 11.3 Å². The van der Waals surface area contributed by atoms with Gasteiger partial charge in [0.25, 0.3) is 0 Å². The largest absolute Gasteiger partial charge is 0.316 e. The minimum absolute atomic E-state index is 0.114. The molecule has 1 unspecified atom stereocenters. The Hall–Kier alpha value is -2.63. The van der Waals surface area contributed by atoms with Gasteiger partial charge in [-0.05, 0) is 55.1 Å². The predicted octanol–water partition coefficient (Wildman–Crippen LogP) is 6.29. The third-order valence-corrected chi connectivity index (χ3v) is 9.71. The van der Waals surface area contributed by atoms with E-state index in [1.54, 1.807) is 11.3 Å². The molecule has 0 bridgehead atoms. The summed E-state index contributed by atoms with van der Waals surface area (Å²) < 4.78 is 2.08. The molecule has 1 amide bonds. The lowest BCUT2D eigenvalue weighted by molar-refractivity contribution is -0.113. The topological polar surface area (TPSA) is 83.6 Å².